The zero-order valence-electron chi connectivity index (χ0n) is 20.5. The molecule has 0 N–H and O–H groups in total. The standard InChI is InChI=1S/C28H28N6O2/c1-28(2,19-29)27(35)34-13-11-33(12-14-34)18-23-5-3-20-15-24(6-7-25(20)32-23)36-26-8-4-21(17-31-26)22-9-10-30-16-22/h3-10,15,17H,11-14,16,18H2,1-2H3. The maximum absolute atomic E-state index is 12.5. The summed E-state index contributed by atoms with van der Waals surface area (Å²) in [5.41, 5.74) is 3.11. The molecule has 8 nitrogen and oxygen atoms in total. The summed E-state index contributed by atoms with van der Waals surface area (Å²) in [6.07, 6.45) is 5.63. The third kappa shape index (κ3) is 5.11. The minimum Gasteiger partial charge on any atom is -0.439 e. The molecule has 36 heavy (non-hydrogen) atoms. The van der Waals surface area contributed by atoms with Gasteiger partial charge in [-0.05, 0) is 61.4 Å². The van der Waals surface area contributed by atoms with E-state index in [1.807, 2.05) is 54.9 Å². The van der Waals surface area contributed by atoms with E-state index in [9.17, 15) is 10.1 Å². The van der Waals surface area contributed by atoms with E-state index in [2.05, 4.69) is 27.0 Å². The van der Waals surface area contributed by atoms with Crippen molar-refractivity contribution in [3.63, 3.8) is 0 Å². The molecule has 0 aliphatic carbocycles. The van der Waals surface area contributed by atoms with E-state index in [0.717, 1.165) is 47.4 Å². The highest BCUT2D eigenvalue weighted by Gasteiger charge is 2.33. The molecule has 0 atom stereocenters. The zero-order chi connectivity index (χ0) is 25.1. The molecule has 1 saturated heterocycles. The van der Waals surface area contributed by atoms with Crippen LogP contribution in [0.2, 0.25) is 0 Å². The summed E-state index contributed by atoms with van der Waals surface area (Å²) >= 11 is 0. The number of benzene rings is 1. The number of fused-ring (bicyclic) bond motifs is 1. The summed E-state index contributed by atoms with van der Waals surface area (Å²) in [6.45, 7) is 7.53. The van der Waals surface area contributed by atoms with Gasteiger partial charge >= 0.3 is 0 Å². The van der Waals surface area contributed by atoms with Gasteiger partial charge in [0.25, 0.3) is 0 Å². The summed E-state index contributed by atoms with van der Waals surface area (Å²) in [7, 11) is 0. The van der Waals surface area contributed by atoms with Crippen molar-refractivity contribution in [2.45, 2.75) is 20.4 Å². The van der Waals surface area contributed by atoms with Crippen molar-refractivity contribution in [2.24, 2.45) is 10.4 Å². The Bertz CT molecular complexity index is 1380. The van der Waals surface area contributed by atoms with Crippen LogP contribution in [0.15, 0.2) is 59.7 Å². The van der Waals surface area contributed by atoms with Crippen molar-refractivity contribution >= 4 is 28.6 Å². The van der Waals surface area contributed by atoms with Crippen molar-refractivity contribution in [2.75, 3.05) is 32.7 Å². The van der Waals surface area contributed by atoms with Crippen LogP contribution in [0, 0.1) is 16.7 Å². The number of pyridine rings is 2. The molecule has 1 amide bonds. The van der Waals surface area contributed by atoms with Crippen molar-refractivity contribution in [3.8, 4) is 17.7 Å². The van der Waals surface area contributed by atoms with Gasteiger partial charge < -0.3 is 9.64 Å². The van der Waals surface area contributed by atoms with Crippen LogP contribution in [-0.2, 0) is 11.3 Å². The summed E-state index contributed by atoms with van der Waals surface area (Å²) < 4.78 is 5.97. The number of rotatable bonds is 6. The number of carbonyl (C=O) groups excluding carboxylic acids is 1. The molecule has 0 saturated carbocycles. The van der Waals surface area contributed by atoms with E-state index in [1.54, 1.807) is 18.7 Å². The van der Waals surface area contributed by atoms with Gasteiger partial charge in [0.05, 0.1) is 23.8 Å². The highest BCUT2D eigenvalue weighted by Crippen LogP contribution is 2.26. The molecule has 1 fully saturated rings. The van der Waals surface area contributed by atoms with Crippen LogP contribution in [0.5, 0.6) is 11.6 Å². The topological polar surface area (TPSA) is 94.7 Å². The number of nitrogens with zero attached hydrogens (tertiary/aromatic N) is 6. The number of amides is 1. The lowest BCUT2D eigenvalue weighted by atomic mass is 9.93. The number of carbonyl (C=O) groups is 1. The predicted octanol–water partition coefficient (Wildman–Crippen LogP) is 4.08. The highest BCUT2D eigenvalue weighted by atomic mass is 16.5. The van der Waals surface area contributed by atoms with Gasteiger partial charge in [0.2, 0.25) is 11.8 Å². The SMILES string of the molecule is CC(C)(C#N)C(=O)N1CCN(Cc2ccc3cc(Oc4ccc(C5=CC=NC5)cn4)ccc3n2)CC1. The smallest absolute Gasteiger partial charge is 0.242 e. The van der Waals surface area contributed by atoms with E-state index in [1.165, 1.54) is 0 Å². The number of aromatic nitrogens is 2. The van der Waals surface area contributed by atoms with Crippen LogP contribution >= 0.6 is 0 Å². The summed E-state index contributed by atoms with van der Waals surface area (Å²) in [6, 6.07) is 15.9. The maximum atomic E-state index is 12.5. The second-order valence-electron chi connectivity index (χ2n) is 9.63. The molecule has 2 aliphatic heterocycles. The highest BCUT2D eigenvalue weighted by molar-refractivity contribution is 5.89. The van der Waals surface area contributed by atoms with Gasteiger partial charge in [-0.2, -0.15) is 5.26 Å². The molecule has 5 rings (SSSR count). The summed E-state index contributed by atoms with van der Waals surface area (Å²) in [5, 5.41) is 10.2. The first-order valence-electron chi connectivity index (χ1n) is 12.1. The molecule has 182 valence electrons. The monoisotopic (exact) mass is 480 g/mol. The average molecular weight is 481 g/mol. The van der Waals surface area contributed by atoms with E-state index in [0.29, 0.717) is 31.3 Å². The Morgan fingerprint density at radius 2 is 1.94 bits per heavy atom. The molecule has 4 heterocycles. The van der Waals surface area contributed by atoms with Crippen molar-refractivity contribution in [1.82, 2.24) is 19.8 Å². The zero-order valence-corrected chi connectivity index (χ0v) is 20.5. The third-order valence-corrected chi connectivity index (χ3v) is 6.55. The number of allylic oxidation sites excluding steroid dienone is 1. The Labute approximate surface area is 210 Å². The lowest BCUT2D eigenvalue weighted by Crippen LogP contribution is -2.51. The second-order valence-corrected chi connectivity index (χ2v) is 9.63. The van der Waals surface area contributed by atoms with Gasteiger partial charge in [-0.3, -0.25) is 19.7 Å². The van der Waals surface area contributed by atoms with Gasteiger partial charge in [0.1, 0.15) is 11.2 Å². The molecule has 2 aliphatic rings. The molecular formula is C28H28N6O2. The van der Waals surface area contributed by atoms with Crippen LogP contribution in [-0.4, -0.2) is 64.6 Å². The number of piperazine rings is 1. The predicted molar refractivity (Wildman–Crippen MR) is 139 cm³/mol. The normalized spacial score (nSPS) is 16.1. The Morgan fingerprint density at radius 3 is 2.64 bits per heavy atom. The first-order valence-corrected chi connectivity index (χ1v) is 12.1. The lowest BCUT2D eigenvalue weighted by molar-refractivity contribution is -0.139. The van der Waals surface area contributed by atoms with Gasteiger partial charge in [-0.15, -0.1) is 0 Å². The minimum atomic E-state index is -0.979. The third-order valence-electron chi connectivity index (χ3n) is 6.55. The van der Waals surface area contributed by atoms with Crippen LogP contribution in [0.3, 0.4) is 0 Å². The Hall–Kier alpha value is -4.09. The van der Waals surface area contributed by atoms with Crippen LogP contribution in [0.4, 0.5) is 0 Å². The molecule has 0 unspecified atom stereocenters. The van der Waals surface area contributed by atoms with Gasteiger partial charge in [-0.25, -0.2) is 4.98 Å². The van der Waals surface area contributed by atoms with E-state index >= 15 is 0 Å². The molecule has 2 aromatic heterocycles. The van der Waals surface area contributed by atoms with E-state index in [-0.39, 0.29) is 5.91 Å². The van der Waals surface area contributed by atoms with Crippen molar-refractivity contribution < 1.29 is 9.53 Å². The van der Waals surface area contributed by atoms with E-state index in [4.69, 9.17) is 9.72 Å². The molecule has 8 heteroatoms. The largest absolute Gasteiger partial charge is 0.439 e. The molecule has 0 radical (unpaired) electrons. The minimum absolute atomic E-state index is 0.0987. The fraction of sp³-hybridized carbons (Fsp3) is 0.321. The summed E-state index contributed by atoms with van der Waals surface area (Å²) in [4.78, 5) is 30.1. The fourth-order valence-electron chi connectivity index (χ4n) is 4.36. The first-order chi connectivity index (χ1) is 17.4. The fourth-order valence-corrected chi connectivity index (χ4v) is 4.36. The van der Waals surface area contributed by atoms with Crippen LogP contribution in [0.1, 0.15) is 25.1 Å². The van der Waals surface area contributed by atoms with E-state index < -0.39 is 5.41 Å². The quantitative estimate of drug-likeness (QED) is 0.528. The second kappa shape index (κ2) is 9.88. The Balaban J connectivity index is 1.19. The summed E-state index contributed by atoms with van der Waals surface area (Å²) in [5.74, 6) is 1.15. The average Bonchev–Trinajstić information content (AvgIpc) is 3.44. The van der Waals surface area contributed by atoms with Crippen molar-refractivity contribution in [3.05, 3.63) is 66.0 Å². The van der Waals surface area contributed by atoms with Gasteiger partial charge in [0.15, 0.2) is 0 Å². The Morgan fingerprint density at radius 1 is 1.11 bits per heavy atom. The van der Waals surface area contributed by atoms with Crippen LogP contribution in [0.25, 0.3) is 16.5 Å². The van der Waals surface area contributed by atoms with Crippen molar-refractivity contribution in [1.29, 1.82) is 5.26 Å². The lowest BCUT2D eigenvalue weighted by Gasteiger charge is -2.36. The number of hydrogen-bond donors (Lipinski definition) is 0. The number of ether oxygens (including phenoxy) is 1. The molecule has 0 spiro atoms. The first kappa shape index (κ1) is 23.6. The number of aliphatic imine (C=N–C) groups is 1. The molecule has 3 aromatic rings. The van der Waals surface area contributed by atoms with Gasteiger partial charge in [0, 0.05) is 56.6 Å². The number of nitriles is 1. The Kier molecular flexibility index (Phi) is 6.49. The van der Waals surface area contributed by atoms with Crippen LogP contribution < -0.4 is 4.74 Å². The molecule has 0 bridgehead atoms. The maximum Gasteiger partial charge on any atom is 0.242 e. The molecule has 1 aromatic carbocycles. The number of hydrogen-bond acceptors (Lipinski definition) is 7. The molecular weight excluding hydrogens is 452 g/mol. The van der Waals surface area contributed by atoms with Gasteiger partial charge in [-0.1, -0.05) is 6.07 Å².